The number of anilines is 3. The first-order chi connectivity index (χ1) is 16.2. The van der Waals surface area contributed by atoms with Crippen LogP contribution in [0.25, 0.3) is 10.9 Å². The van der Waals surface area contributed by atoms with Crippen molar-refractivity contribution in [3.63, 3.8) is 0 Å². The van der Waals surface area contributed by atoms with Gasteiger partial charge >= 0.3 is 6.09 Å². The van der Waals surface area contributed by atoms with Crippen molar-refractivity contribution < 1.29 is 18.3 Å². The first-order valence-electron chi connectivity index (χ1n) is 11.2. The van der Waals surface area contributed by atoms with E-state index >= 15 is 0 Å². The molecule has 11 nitrogen and oxygen atoms in total. The van der Waals surface area contributed by atoms with E-state index in [9.17, 15) is 18.3 Å². The van der Waals surface area contributed by atoms with E-state index in [2.05, 4.69) is 25.8 Å². The highest BCUT2D eigenvalue weighted by Crippen LogP contribution is 2.36. The average molecular weight is 486 g/mol. The number of aromatic amines is 1. The third-order valence-electron chi connectivity index (χ3n) is 6.58. The van der Waals surface area contributed by atoms with Gasteiger partial charge in [0.05, 0.1) is 10.4 Å². The normalized spacial score (nSPS) is 22.5. The molecule has 3 aromatic heterocycles. The third-order valence-corrected chi connectivity index (χ3v) is 7.66. The minimum Gasteiger partial charge on any atom is -0.465 e. The molecule has 2 bridgehead atoms. The number of nitrogens with zero attached hydrogens (tertiary/aromatic N) is 4. The molecule has 2 saturated heterocycles. The Morgan fingerprint density at radius 3 is 2.53 bits per heavy atom. The highest BCUT2D eigenvalue weighted by Gasteiger charge is 2.41. The minimum absolute atomic E-state index is 0.00590. The molecular weight excluding hydrogens is 458 g/mol. The van der Waals surface area contributed by atoms with E-state index in [-0.39, 0.29) is 23.0 Å². The molecule has 3 atom stereocenters. The van der Waals surface area contributed by atoms with Crippen molar-refractivity contribution in [1.82, 2.24) is 25.1 Å². The lowest BCUT2D eigenvalue weighted by atomic mass is 9.82. The second-order valence-electron chi connectivity index (χ2n) is 9.17. The van der Waals surface area contributed by atoms with Gasteiger partial charge in [0.15, 0.2) is 15.7 Å². The molecule has 3 aromatic rings. The molecule has 0 saturated carbocycles. The standard InChI is InChI=1S/C22H27N7O4S/c1-12-6-20(28-27-12)25-19-10-18-17(9-16(11-23-18)34(2,32)33)21(26-19)24-13-7-14-4-3-5-15(8-13)29(14)22(30)31/h6,9-11,13-15H,3-5,7-8H2,1-2H3,(H,30,31)(H3,24,25,26,27,28)/t13-,14+,15-. The summed E-state index contributed by atoms with van der Waals surface area (Å²) >= 11 is 0. The number of carbonyl (C=O) groups is 1. The van der Waals surface area contributed by atoms with Crippen molar-refractivity contribution in [1.29, 1.82) is 0 Å². The Balaban J connectivity index is 1.51. The number of aryl methyl sites for hydroxylation is 1. The quantitative estimate of drug-likeness (QED) is 0.426. The fourth-order valence-corrected chi connectivity index (χ4v) is 5.67. The fraction of sp³-hybridized carbons (Fsp3) is 0.455. The molecule has 2 fully saturated rings. The van der Waals surface area contributed by atoms with Crippen LogP contribution in [0.4, 0.5) is 22.2 Å². The maximum absolute atomic E-state index is 12.2. The minimum atomic E-state index is -3.45. The summed E-state index contributed by atoms with van der Waals surface area (Å²) in [5.74, 6) is 1.63. The van der Waals surface area contributed by atoms with E-state index in [1.807, 2.05) is 13.0 Å². The van der Waals surface area contributed by atoms with Crippen LogP contribution in [-0.2, 0) is 9.84 Å². The Hall–Kier alpha value is -3.41. The zero-order valence-corrected chi connectivity index (χ0v) is 19.8. The van der Waals surface area contributed by atoms with Crippen LogP contribution in [0, 0.1) is 6.92 Å². The van der Waals surface area contributed by atoms with Gasteiger partial charge in [0.2, 0.25) is 0 Å². The fourth-order valence-electron chi connectivity index (χ4n) is 5.10. The predicted octanol–water partition coefficient (Wildman–Crippen LogP) is 3.28. The van der Waals surface area contributed by atoms with Gasteiger partial charge in [-0.1, -0.05) is 0 Å². The number of aromatic nitrogens is 4. The molecule has 2 aliphatic heterocycles. The zero-order chi connectivity index (χ0) is 24.0. The molecule has 180 valence electrons. The lowest BCUT2D eigenvalue weighted by Crippen LogP contribution is -2.56. The van der Waals surface area contributed by atoms with Crippen molar-refractivity contribution >= 4 is 44.3 Å². The molecule has 34 heavy (non-hydrogen) atoms. The predicted molar refractivity (Wildman–Crippen MR) is 127 cm³/mol. The SMILES string of the molecule is Cc1cc(Nc2cc3ncc(S(C)(=O)=O)cc3c(N[C@H]3C[C@H]4CCC[C@@H](C3)N4C(=O)O)n2)n[nH]1. The molecule has 0 spiro atoms. The molecule has 5 rings (SSSR count). The Kier molecular flexibility index (Phi) is 5.54. The summed E-state index contributed by atoms with van der Waals surface area (Å²) < 4.78 is 24.3. The van der Waals surface area contributed by atoms with E-state index < -0.39 is 15.9 Å². The van der Waals surface area contributed by atoms with Crippen molar-refractivity contribution in [2.75, 3.05) is 16.9 Å². The Bertz CT molecular complexity index is 1340. The number of hydrogen-bond acceptors (Lipinski definition) is 8. The number of carboxylic acid groups (broad SMARTS) is 1. The third kappa shape index (κ3) is 4.37. The van der Waals surface area contributed by atoms with Gasteiger partial charge in [-0.05, 0) is 45.1 Å². The maximum Gasteiger partial charge on any atom is 0.407 e. The van der Waals surface area contributed by atoms with E-state index in [0.29, 0.717) is 41.2 Å². The van der Waals surface area contributed by atoms with Gasteiger partial charge in [0.1, 0.15) is 11.6 Å². The molecule has 0 radical (unpaired) electrons. The van der Waals surface area contributed by atoms with Crippen LogP contribution in [0.1, 0.15) is 37.8 Å². The monoisotopic (exact) mass is 485 g/mol. The molecule has 4 N–H and O–H groups in total. The molecule has 5 heterocycles. The Morgan fingerprint density at radius 2 is 1.91 bits per heavy atom. The number of amides is 1. The van der Waals surface area contributed by atoms with Gasteiger partial charge in [-0.2, -0.15) is 5.10 Å². The number of piperidine rings is 2. The van der Waals surface area contributed by atoms with Crippen molar-refractivity contribution in [2.24, 2.45) is 0 Å². The Labute approximate surface area is 196 Å². The summed E-state index contributed by atoms with van der Waals surface area (Å²) in [6.07, 6.45) is 5.68. The second kappa shape index (κ2) is 8.42. The van der Waals surface area contributed by atoms with E-state index in [1.165, 1.54) is 6.20 Å². The number of pyridine rings is 2. The summed E-state index contributed by atoms with van der Waals surface area (Å²) in [5.41, 5.74) is 1.48. The number of hydrogen-bond donors (Lipinski definition) is 4. The van der Waals surface area contributed by atoms with Gasteiger partial charge in [-0.15, -0.1) is 0 Å². The largest absolute Gasteiger partial charge is 0.465 e. The maximum atomic E-state index is 12.2. The van der Waals surface area contributed by atoms with Crippen molar-refractivity contribution in [3.05, 3.63) is 30.1 Å². The summed E-state index contributed by atoms with van der Waals surface area (Å²) in [5, 5.41) is 24.0. The van der Waals surface area contributed by atoms with Crippen LogP contribution in [0.5, 0.6) is 0 Å². The average Bonchev–Trinajstić information content (AvgIpc) is 3.16. The topological polar surface area (TPSA) is 153 Å². The van der Waals surface area contributed by atoms with Crippen LogP contribution in [0.2, 0.25) is 0 Å². The molecule has 0 aromatic carbocycles. The first-order valence-corrected chi connectivity index (χ1v) is 13.1. The molecule has 0 aliphatic carbocycles. The summed E-state index contributed by atoms with van der Waals surface area (Å²) in [6.45, 7) is 1.90. The number of H-pyrrole nitrogens is 1. The van der Waals surface area contributed by atoms with E-state index in [0.717, 1.165) is 31.2 Å². The van der Waals surface area contributed by atoms with Crippen LogP contribution < -0.4 is 10.6 Å². The molecule has 1 amide bonds. The second-order valence-corrected chi connectivity index (χ2v) is 11.2. The summed E-state index contributed by atoms with van der Waals surface area (Å²) in [6, 6.07) is 5.12. The van der Waals surface area contributed by atoms with Crippen LogP contribution in [-0.4, -0.2) is 69.1 Å². The number of fused-ring (bicyclic) bond motifs is 3. The van der Waals surface area contributed by atoms with Gasteiger partial charge < -0.3 is 20.6 Å². The smallest absolute Gasteiger partial charge is 0.407 e. The van der Waals surface area contributed by atoms with Gasteiger partial charge in [-0.3, -0.25) is 10.1 Å². The van der Waals surface area contributed by atoms with E-state index in [1.54, 1.807) is 17.0 Å². The van der Waals surface area contributed by atoms with Crippen molar-refractivity contribution in [3.8, 4) is 0 Å². The van der Waals surface area contributed by atoms with Gasteiger partial charge in [0, 0.05) is 53.8 Å². The van der Waals surface area contributed by atoms with Crippen LogP contribution >= 0.6 is 0 Å². The Morgan fingerprint density at radius 1 is 1.18 bits per heavy atom. The van der Waals surface area contributed by atoms with Crippen molar-refractivity contribution in [2.45, 2.75) is 62.0 Å². The van der Waals surface area contributed by atoms with Gasteiger partial charge in [-0.25, -0.2) is 18.2 Å². The van der Waals surface area contributed by atoms with Crippen LogP contribution in [0.15, 0.2) is 29.3 Å². The summed E-state index contributed by atoms with van der Waals surface area (Å²) in [4.78, 5) is 22.6. The van der Waals surface area contributed by atoms with E-state index in [4.69, 9.17) is 4.98 Å². The molecule has 12 heteroatoms. The van der Waals surface area contributed by atoms with Gasteiger partial charge in [0.25, 0.3) is 0 Å². The lowest BCUT2D eigenvalue weighted by Gasteiger charge is -2.47. The zero-order valence-electron chi connectivity index (χ0n) is 18.9. The lowest BCUT2D eigenvalue weighted by molar-refractivity contribution is 0.0385. The molecule has 2 aliphatic rings. The number of sulfone groups is 1. The highest BCUT2D eigenvalue weighted by atomic mass is 32.2. The number of rotatable bonds is 5. The molecular formula is C22H27N7O4S. The molecule has 0 unspecified atom stereocenters. The highest BCUT2D eigenvalue weighted by molar-refractivity contribution is 7.90. The number of nitrogens with one attached hydrogen (secondary N) is 3. The van der Waals surface area contributed by atoms with Crippen LogP contribution in [0.3, 0.4) is 0 Å². The first kappa shape index (κ1) is 22.4. The summed E-state index contributed by atoms with van der Waals surface area (Å²) in [7, 11) is -3.45.